The summed E-state index contributed by atoms with van der Waals surface area (Å²) in [4.78, 5) is 7.03. The second kappa shape index (κ2) is 2.62. The van der Waals surface area contributed by atoms with E-state index in [1.54, 1.807) is 0 Å². The Kier molecular flexibility index (Phi) is 1.62. The minimum Gasteiger partial charge on any atom is -0.371 e. The van der Waals surface area contributed by atoms with Crippen LogP contribution in [0.15, 0.2) is 6.20 Å². The van der Waals surface area contributed by atoms with Gasteiger partial charge in [-0.1, -0.05) is 0 Å². The lowest BCUT2D eigenvalue weighted by molar-refractivity contribution is 0.806. The number of H-pyrrole nitrogens is 1. The average Bonchev–Trinajstić information content (AvgIpc) is 2.04. The summed E-state index contributed by atoms with van der Waals surface area (Å²) in [7, 11) is 0. The fourth-order valence-corrected chi connectivity index (χ4v) is 1.41. The van der Waals surface area contributed by atoms with Gasteiger partial charge >= 0.3 is 0 Å². The predicted molar refractivity (Wildman–Crippen MR) is 46.2 cm³/mol. The van der Waals surface area contributed by atoms with Crippen molar-refractivity contribution in [2.45, 2.75) is 12.8 Å². The highest BCUT2D eigenvalue weighted by Gasteiger charge is 2.07. The summed E-state index contributed by atoms with van der Waals surface area (Å²) in [5.41, 5.74) is 1.24. The van der Waals surface area contributed by atoms with Crippen LogP contribution in [0.4, 0.5) is 5.82 Å². The molecule has 1 aliphatic rings. The smallest absolute Gasteiger partial charge is 0.198 e. The van der Waals surface area contributed by atoms with Crippen LogP contribution in [0.25, 0.3) is 0 Å². The van der Waals surface area contributed by atoms with Gasteiger partial charge in [0.1, 0.15) is 5.82 Å². The monoisotopic (exact) mass is 167 g/mol. The molecule has 2 N–H and O–H groups in total. The van der Waals surface area contributed by atoms with Crippen LogP contribution in [-0.4, -0.2) is 16.5 Å². The highest BCUT2D eigenvalue weighted by molar-refractivity contribution is 7.71. The van der Waals surface area contributed by atoms with Crippen LogP contribution >= 0.6 is 12.2 Å². The second-order valence-corrected chi connectivity index (χ2v) is 3.01. The van der Waals surface area contributed by atoms with Crippen molar-refractivity contribution in [3.8, 4) is 0 Å². The predicted octanol–water partition coefficient (Wildman–Crippen LogP) is 1.50. The Hall–Kier alpha value is -0.900. The number of aromatic nitrogens is 2. The number of rotatable bonds is 0. The molecule has 1 aromatic heterocycles. The molecule has 4 heteroatoms. The molecule has 0 fully saturated rings. The van der Waals surface area contributed by atoms with Crippen LogP contribution in [0.1, 0.15) is 12.0 Å². The van der Waals surface area contributed by atoms with Crippen LogP contribution in [0.2, 0.25) is 0 Å². The van der Waals surface area contributed by atoms with Crippen molar-refractivity contribution in [3.05, 3.63) is 16.5 Å². The maximum absolute atomic E-state index is 4.89. The number of fused-ring (bicyclic) bond motifs is 1. The standard InChI is InChI=1S/C7H9N3S/c11-7-9-4-5-2-1-3-8-6(5)10-7/h4H,1-3H2,(H2,8,9,10,11). The van der Waals surface area contributed by atoms with Crippen LogP contribution in [-0.2, 0) is 6.42 Å². The Morgan fingerprint density at radius 3 is 3.36 bits per heavy atom. The van der Waals surface area contributed by atoms with Crippen molar-refractivity contribution in [3.63, 3.8) is 0 Å². The maximum Gasteiger partial charge on any atom is 0.198 e. The van der Waals surface area contributed by atoms with Crippen LogP contribution in [0.3, 0.4) is 0 Å². The molecule has 3 nitrogen and oxygen atoms in total. The van der Waals surface area contributed by atoms with Gasteiger partial charge in [0, 0.05) is 18.3 Å². The highest BCUT2D eigenvalue weighted by atomic mass is 32.1. The highest BCUT2D eigenvalue weighted by Crippen LogP contribution is 2.16. The third-order valence-corrected chi connectivity index (χ3v) is 2.02. The van der Waals surface area contributed by atoms with E-state index in [1.165, 1.54) is 12.0 Å². The zero-order valence-corrected chi connectivity index (χ0v) is 6.87. The Bertz CT molecular complexity index is 318. The molecule has 0 unspecified atom stereocenters. The minimum atomic E-state index is 0.554. The normalized spacial score (nSPS) is 15.3. The molecule has 1 aromatic rings. The molecule has 2 rings (SSSR count). The molecular formula is C7H9N3S. The number of anilines is 1. The van der Waals surface area contributed by atoms with Crippen molar-refractivity contribution in [2.75, 3.05) is 11.9 Å². The van der Waals surface area contributed by atoms with Crippen LogP contribution < -0.4 is 5.32 Å². The number of hydrogen-bond donors (Lipinski definition) is 2. The molecule has 0 aliphatic carbocycles. The van der Waals surface area contributed by atoms with E-state index < -0.39 is 0 Å². The summed E-state index contributed by atoms with van der Waals surface area (Å²) in [6.45, 7) is 1.03. The zero-order valence-electron chi connectivity index (χ0n) is 6.05. The van der Waals surface area contributed by atoms with Crippen LogP contribution in [0, 0.1) is 4.77 Å². The minimum absolute atomic E-state index is 0.554. The van der Waals surface area contributed by atoms with Gasteiger partial charge in [-0.25, -0.2) is 4.98 Å². The first-order chi connectivity index (χ1) is 5.36. The van der Waals surface area contributed by atoms with Crippen molar-refractivity contribution < 1.29 is 0 Å². The Labute approximate surface area is 69.9 Å². The first-order valence-corrected chi connectivity index (χ1v) is 4.09. The Balaban J connectivity index is 2.51. The van der Waals surface area contributed by atoms with Gasteiger partial charge < -0.3 is 10.3 Å². The second-order valence-electron chi connectivity index (χ2n) is 2.62. The third kappa shape index (κ3) is 1.26. The molecular weight excluding hydrogens is 158 g/mol. The average molecular weight is 167 g/mol. The third-order valence-electron chi connectivity index (χ3n) is 1.82. The first-order valence-electron chi connectivity index (χ1n) is 3.68. The molecule has 0 aromatic carbocycles. The molecule has 0 saturated heterocycles. The van der Waals surface area contributed by atoms with Crippen molar-refractivity contribution in [1.29, 1.82) is 0 Å². The summed E-state index contributed by atoms with van der Waals surface area (Å²) in [6, 6.07) is 0. The molecule has 0 amide bonds. The lowest BCUT2D eigenvalue weighted by Crippen LogP contribution is -2.13. The topological polar surface area (TPSA) is 40.7 Å². The first kappa shape index (κ1) is 6.79. The summed E-state index contributed by atoms with van der Waals surface area (Å²) >= 11 is 4.89. The van der Waals surface area contributed by atoms with E-state index in [1.807, 2.05) is 6.20 Å². The van der Waals surface area contributed by atoms with E-state index in [0.29, 0.717) is 4.77 Å². The van der Waals surface area contributed by atoms with E-state index in [9.17, 15) is 0 Å². The van der Waals surface area contributed by atoms with Crippen LogP contribution in [0.5, 0.6) is 0 Å². The summed E-state index contributed by atoms with van der Waals surface area (Å²) < 4.78 is 0.554. The number of hydrogen-bond acceptors (Lipinski definition) is 3. The van der Waals surface area contributed by atoms with Gasteiger partial charge in [0.25, 0.3) is 0 Å². The van der Waals surface area contributed by atoms with Gasteiger partial charge in [-0.2, -0.15) is 0 Å². The largest absolute Gasteiger partial charge is 0.371 e. The lowest BCUT2D eigenvalue weighted by atomic mass is 10.1. The van der Waals surface area contributed by atoms with Gasteiger partial charge in [-0.3, -0.25) is 0 Å². The fourth-order valence-electron chi connectivity index (χ4n) is 1.26. The van der Waals surface area contributed by atoms with E-state index in [-0.39, 0.29) is 0 Å². The molecule has 2 heterocycles. The maximum atomic E-state index is 4.89. The van der Waals surface area contributed by atoms with Gasteiger partial charge in [-0.05, 0) is 25.1 Å². The molecule has 11 heavy (non-hydrogen) atoms. The molecule has 58 valence electrons. The van der Waals surface area contributed by atoms with E-state index >= 15 is 0 Å². The number of aryl methyl sites for hydroxylation is 1. The van der Waals surface area contributed by atoms with Crippen molar-refractivity contribution in [2.24, 2.45) is 0 Å². The van der Waals surface area contributed by atoms with Gasteiger partial charge in [0.05, 0.1) is 0 Å². The number of nitrogens with one attached hydrogen (secondary N) is 2. The summed E-state index contributed by atoms with van der Waals surface area (Å²) in [5, 5.41) is 3.24. The van der Waals surface area contributed by atoms with Gasteiger partial charge in [0.15, 0.2) is 4.77 Å². The summed E-state index contributed by atoms with van der Waals surface area (Å²) in [5.74, 6) is 1.05. The number of nitrogens with zero attached hydrogens (tertiary/aromatic N) is 1. The SMILES string of the molecule is S=c1ncc2c([nH]1)NCCC2. The molecule has 0 saturated carbocycles. The van der Waals surface area contributed by atoms with Crippen molar-refractivity contribution >= 4 is 18.0 Å². The Morgan fingerprint density at radius 2 is 2.45 bits per heavy atom. The zero-order chi connectivity index (χ0) is 7.68. The lowest BCUT2D eigenvalue weighted by Gasteiger charge is -2.15. The van der Waals surface area contributed by atoms with E-state index in [2.05, 4.69) is 15.3 Å². The van der Waals surface area contributed by atoms with Gasteiger partial charge in [-0.15, -0.1) is 0 Å². The molecule has 0 atom stereocenters. The molecule has 0 radical (unpaired) electrons. The Morgan fingerprint density at radius 1 is 1.55 bits per heavy atom. The van der Waals surface area contributed by atoms with E-state index in [4.69, 9.17) is 12.2 Å². The van der Waals surface area contributed by atoms with Crippen molar-refractivity contribution in [1.82, 2.24) is 9.97 Å². The summed E-state index contributed by atoms with van der Waals surface area (Å²) in [6.07, 6.45) is 4.13. The quantitative estimate of drug-likeness (QED) is 0.575. The fraction of sp³-hybridized carbons (Fsp3) is 0.429. The molecule has 0 bridgehead atoms. The molecule has 1 aliphatic heterocycles. The van der Waals surface area contributed by atoms with E-state index in [0.717, 1.165) is 18.8 Å². The number of aromatic amines is 1. The molecule has 0 spiro atoms. The van der Waals surface area contributed by atoms with Gasteiger partial charge in [0.2, 0.25) is 0 Å².